The van der Waals surface area contributed by atoms with E-state index in [0.717, 1.165) is 0 Å². The molecule has 0 bridgehead atoms. The second kappa shape index (κ2) is 9.00. The van der Waals surface area contributed by atoms with Gasteiger partial charge in [-0.25, -0.2) is 8.42 Å². The van der Waals surface area contributed by atoms with Gasteiger partial charge in [-0.1, -0.05) is 45.2 Å². The lowest BCUT2D eigenvalue weighted by molar-refractivity contribution is -0.134. The van der Waals surface area contributed by atoms with Crippen LogP contribution in [0.3, 0.4) is 0 Å². The number of rotatable bonds is 5. The van der Waals surface area contributed by atoms with Gasteiger partial charge in [0.1, 0.15) is 5.75 Å². The molecule has 150 valence electrons. The summed E-state index contributed by atoms with van der Waals surface area (Å²) in [5.74, 6) is 0.140. The number of benzene rings is 2. The van der Waals surface area contributed by atoms with Gasteiger partial charge in [0.25, 0.3) is 5.91 Å². The highest BCUT2D eigenvalue weighted by molar-refractivity contribution is 9.10. The standard InChI is InChI=1S/C18H17BrCl2N2O4S/c19-13-2-1-3-15(10-13)28(25,26)23-8-6-22(7-9-23)18(24)12-27-17-5-4-14(20)11-16(17)21/h1-5,10-11H,6-9,12H2. The minimum Gasteiger partial charge on any atom is -0.482 e. The molecule has 0 spiro atoms. The Morgan fingerprint density at radius 2 is 1.79 bits per heavy atom. The van der Waals surface area contributed by atoms with E-state index in [1.165, 1.54) is 10.4 Å². The third-order valence-corrected chi connectivity index (χ3v) is 7.19. The van der Waals surface area contributed by atoms with E-state index in [9.17, 15) is 13.2 Å². The highest BCUT2D eigenvalue weighted by Crippen LogP contribution is 2.27. The minimum absolute atomic E-state index is 0.181. The highest BCUT2D eigenvalue weighted by atomic mass is 79.9. The molecule has 0 aromatic heterocycles. The lowest BCUT2D eigenvalue weighted by Gasteiger charge is -2.34. The number of hydrogen-bond donors (Lipinski definition) is 0. The van der Waals surface area contributed by atoms with E-state index in [-0.39, 0.29) is 30.5 Å². The van der Waals surface area contributed by atoms with Crippen LogP contribution in [0.1, 0.15) is 0 Å². The monoisotopic (exact) mass is 506 g/mol. The van der Waals surface area contributed by atoms with Crippen LogP contribution in [0, 0.1) is 0 Å². The Labute approximate surface area is 182 Å². The first kappa shape index (κ1) is 21.4. The Kier molecular flexibility index (Phi) is 6.88. The molecule has 1 aliphatic heterocycles. The molecule has 6 nitrogen and oxygen atoms in total. The van der Waals surface area contributed by atoms with E-state index < -0.39 is 10.0 Å². The van der Waals surface area contributed by atoms with Crippen molar-refractivity contribution >= 4 is 55.1 Å². The minimum atomic E-state index is -3.59. The third kappa shape index (κ3) is 4.99. The van der Waals surface area contributed by atoms with Crippen molar-refractivity contribution in [2.75, 3.05) is 32.8 Å². The lowest BCUT2D eigenvalue weighted by Crippen LogP contribution is -2.51. The zero-order valence-corrected chi connectivity index (χ0v) is 18.6. The van der Waals surface area contributed by atoms with E-state index in [4.69, 9.17) is 27.9 Å². The number of nitrogens with zero attached hydrogens (tertiary/aromatic N) is 2. The summed E-state index contributed by atoms with van der Waals surface area (Å²) in [5, 5.41) is 0.802. The van der Waals surface area contributed by atoms with Gasteiger partial charge in [0, 0.05) is 35.7 Å². The van der Waals surface area contributed by atoms with Crippen LogP contribution in [0.15, 0.2) is 51.8 Å². The first-order valence-corrected chi connectivity index (χ1v) is 11.4. The summed E-state index contributed by atoms with van der Waals surface area (Å²) in [5.41, 5.74) is 0. The van der Waals surface area contributed by atoms with Crippen LogP contribution >= 0.6 is 39.1 Å². The van der Waals surface area contributed by atoms with Crippen LogP contribution in [-0.4, -0.2) is 56.3 Å². The number of carbonyl (C=O) groups excluding carboxylic acids is 1. The molecule has 1 fully saturated rings. The maximum absolute atomic E-state index is 12.7. The normalized spacial score (nSPS) is 15.5. The van der Waals surface area contributed by atoms with Gasteiger partial charge in [-0.15, -0.1) is 0 Å². The zero-order chi connectivity index (χ0) is 20.3. The van der Waals surface area contributed by atoms with Crippen LogP contribution in [0.2, 0.25) is 10.0 Å². The molecular weight excluding hydrogens is 491 g/mol. The molecule has 0 N–H and O–H groups in total. The van der Waals surface area contributed by atoms with E-state index in [0.29, 0.717) is 33.4 Å². The Bertz CT molecular complexity index is 979. The Morgan fingerprint density at radius 3 is 2.43 bits per heavy atom. The average Bonchev–Trinajstić information content (AvgIpc) is 2.67. The summed E-state index contributed by atoms with van der Waals surface area (Å²) < 4.78 is 33.0. The van der Waals surface area contributed by atoms with Gasteiger partial charge in [0.15, 0.2) is 6.61 Å². The van der Waals surface area contributed by atoms with Crippen molar-refractivity contribution in [3.8, 4) is 5.75 Å². The van der Waals surface area contributed by atoms with Gasteiger partial charge in [-0.05, 0) is 36.4 Å². The largest absolute Gasteiger partial charge is 0.482 e. The van der Waals surface area contributed by atoms with Crippen LogP contribution in [0.25, 0.3) is 0 Å². The molecule has 2 aromatic carbocycles. The van der Waals surface area contributed by atoms with E-state index in [2.05, 4.69) is 15.9 Å². The van der Waals surface area contributed by atoms with Gasteiger partial charge in [0.2, 0.25) is 10.0 Å². The first-order valence-electron chi connectivity index (χ1n) is 8.39. The SMILES string of the molecule is O=C(COc1ccc(Cl)cc1Cl)N1CCN(S(=O)(=O)c2cccc(Br)c2)CC1. The highest BCUT2D eigenvalue weighted by Gasteiger charge is 2.30. The first-order chi connectivity index (χ1) is 13.3. The summed E-state index contributed by atoms with van der Waals surface area (Å²) in [6, 6.07) is 11.3. The summed E-state index contributed by atoms with van der Waals surface area (Å²) in [7, 11) is -3.59. The second-order valence-electron chi connectivity index (χ2n) is 6.11. The molecule has 1 aliphatic rings. The van der Waals surface area contributed by atoms with Gasteiger partial charge in [-0.3, -0.25) is 4.79 Å². The van der Waals surface area contributed by atoms with Gasteiger partial charge < -0.3 is 9.64 Å². The molecule has 1 saturated heterocycles. The third-order valence-electron chi connectivity index (χ3n) is 4.27. The predicted molar refractivity (Wildman–Crippen MR) is 111 cm³/mol. The number of halogens is 3. The smallest absolute Gasteiger partial charge is 0.260 e. The quantitative estimate of drug-likeness (QED) is 0.619. The van der Waals surface area contributed by atoms with Crippen molar-refractivity contribution in [3.63, 3.8) is 0 Å². The fourth-order valence-electron chi connectivity index (χ4n) is 2.78. The van der Waals surface area contributed by atoms with Crippen LogP contribution in [0.4, 0.5) is 0 Å². The van der Waals surface area contributed by atoms with Crippen molar-refractivity contribution in [2.24, 2.45) is 0 Å². The summed E-state index contributed by atoms with van der Waals surface area (Å²) in [6.45, 7) is 0.859. The molecule has 0 saturated carbocycles. The molecule has 0 unspecified atom stereocenters. The Morgan fingerprint density at radius 1 is 1.07 bits per heavy atom. The number of carbonyl (C=O) groups is 1. The van der Waals surface area contributed by atoms with Crippen LogP contribution in [0.5, 0.6) is 5.75 Å². The average molecular weight is 508 g/mol. The molecule has 1 heterocycles. The molecule has 3 rings (SSSR count). The van der Waals surface area contributed by atoms with Crippen LogP contribution in [-0.2, 0) is 14.8 Å². The van der Waals surface area contributed by atoms with Crippen molar-refractivity contribution in [2.45, 2.75) is 4.90 Å². The van der Waals surface area contributed by atoms with Crippen molar-refractivity contribution in [3.05, 3.63) is 57.0 Å². The molecule has 28 heavy (non-hydrogen) atoms. The summed E-state index contributed by atoms with van der Waals surface area (Å²) in [6.07, 6.45) is 0. The second-order valence-corrected chi connectivity index (χ2v) is 9.80. The molecule has 10 heteroatoms. The molecular formula is C18H17BrCl2N2O4S. The molecule has 0 aliphatic carbocycles. The topological polar surface area (TPSA) is 66.9 Å². The molecule has 0 atom stereocenters. The predicted octanol–water partition coefficient (Wildman–Crippen LogP) is 3.67. The van der Waals surface area contributed by atoms with Gasteiger partial charge in [-0.2, -0.15) is 4.31 Å². The van der Waals surface area contributed by atoms with Crippen LogP contribution < -0.4 is 4.74 Å². The summed E-state index contributed by atoms with van der Waals surface area (Å²) >= 11 is 15.1. The van der Waals surface area contributed by atoms with Crippen molar-refractivity contribution in [1.82, 2.24) is 9.21 Å². The Hall–Kier alpha value is -1.32. The number of ether oxygens (including phenoxy) is 1. The zero-order valence-electron chi connectivity index (χ0n) is 14.6. The van der Waals surface area contributed by atoms with E-state index in [1.807, 2.05) is 0 Å². The molecule has 2 aromatic rings. The Balaban J connectivity index is 1.56. The van der Waals surface area contributed by atoms with Crippen molar-refractivity contribution < 1.29 is 17.9 Å². The van der Waals surface area contributed by atoms with Gasteiger partial charge >= 0.3 is 0 Å². The number of amides is 1. The molecule has 0 radical (unpaired) electrons. The maximum Gasteiger partial charge on any atom is 0.260 e. The number of piperazine rings is 1. The molecule has 1 amide bonds. The van der Waals surface area contributed by atoms with E-state index >= 15 is 0 Å². The fourth-order valence-corrected chi connectivity index (χ4v) is 5.26. The fraction of sp³-hybridized carbons (Fsp3) is 0.278. The van der Waals surface area contributed by atoms with E-state index in [1.54, 1.807) is 41.3 Å². The maximum atomic E-state index is 12.7. The lowest BCUT2D eigenvalue weighted by atomic mass is 10.3. The number of sulfonamides is 1. The number of hydrogen-bond acceptors (Lipinski definition) is 4. The van der Waals surface area contributed by atoms with Gasteiger partial charge in [0.05, 0.1) is 9.92 Å². The summed E-state index contributed by atoms with van der Waals surface area (Å²) in [4.78, 5) is 14.2. The van der Waals surface area contributed by atoms with Crippen molar-refractivity contribution in [1.29, 1.82) is 0 Å².